The molecule has 1 aliphatic rings. The summed E-state index contributed by atoms with van der Waals surface area (Å²) in [6.07, 6.45) is 5.88. The van der Waals surface area contributed by atoms with Crippen molar-refractivity contribution in [1.29, 1.82) is 5.26 Å². The number of nitriles is 1. The van der Waals surface area contributed by atoms with Crippen molar-refractivity contribution >= 4 is 22.4 Å². The van der Waals surface area contributed by atoms with Crippen LogP contribution in [0.2, 0.25) is 0 Å². The van der Waals surface area contributed by atoms with Gasteiger partial charge in [-0.1, -0.05) is 38.1 Å². The van der Waals surface area contributed by atoms with E-state index in [-0.39, 0.29) is 11.5 Å². The van der Waals surface area contributed by atoms with Gasteiger partial charge in [0.05, 0.1) is 35.4 Å². The smallest absolute Gasteiger partial charge is 0.137 e. The molecule has 4 aromatic rings. The maximum Gasteiger partial charge on any atom is 0.137 e. The highest BCUT2D eigenvalue weighted by Crippen LogP contribution is 2.35. The van der Waals surface area contributed by atoms with Gasteiger partial charge in [-0.25, -0.2) is 14.6 Å². The van der Waals surface area contributed by atoms with E-state index < -0.39 is 0 Å². The monoisotopic (exact) mass is 452 g/mol. The number of hydrogen-bond acceptors (Lipinski definition) is 7. The van der Waals surface area contributed by atoms with Crippen LogP contribution in [0.1, 0.15) is 62.5 Å². The Kier molecular flexibility index (Phi) is 5.62. The summed E-state index contributed by atoms with van der Waals surface area (Å²) in [5.41, 5.74) is 4.29. The number of nitrogens with zero attached hydrogens (tertiary/aromatic N) is 6. The Balaban J connectivity index is 1.51. The number of fused-ring (bicyclic) bond motifs is 1. The highest BCUT2D eigenvalue weighted by Gasteiger charge is 2.27. The molecule has 5 rings (SSSR count). The van der Waals surface area contributed by atoms with Gasteiger partial charge in [0.1, 0.15) is 17.8 Å². The fraction of sp³-hybridized carbons (Fsp3) is 0.346. The minimum absolute atomic E-state index is 0.122. The van der Waals surface area contributed by atoms with Gasteiger partial charge in [-0.05, 0) is 54.2 Å². The van der Waals surface area contributed by atoms with Gasteiger partial charge in [-0.15, -0.1) is 5.10 Å². The Morgan fingerprint density at radius 1 is 1.15 bits per heavy atom. The topological polar surface area (TPSA) is 104 Å². The Bertz CT molecular complexity index is 1360. The van der Waals surface area contributed by atoms with Crippen LogP contribution in [-0.4, -0.2) is 31.5 Å². The predicted molar refractivity (Wildman–Crippen MR) is 132 cm³/mol. The largest absolute Gasteiger partial charge is 0.373 e. The van der Waals surface area contributed by atoms with Gasteiger partial charge in [-0.3, -0.25) is 0 Å². The summed E-state index contributed by atoms with van der Waals surface area (Å²) in [4.78, 5) is 8.92. The van der Waals surface area contributed by atoms with Gasteiger partial charge in [0.2, 0.25) is 0 Å². The molecular formula is C26H28N8. The number of nitrogens with one attached hydrogen (secondary N) is 2. The van der Waals surface area contributed by atoms with E-state index in [2.05, 4.69) is 63.8 Å². The minimum atomic E-state index is -0.256. The first-order valence-electron chi connectivity index (χ1n) is 11.6. The lowest BCUT2D eigenvalue weighted by atomic mass is 9.97. The second-order valence-corrected chi connectivity index (χ2v) is 10.0. The third-order valence-electron chi connectivity index (χ3n) is 5.83. The average Bonchev–Trinajstić information content (AvgIpc) is 3.57. The van der Waals surface area contributed by atoms with Gasteiger partial charge in [0.25, 0.3) is 0 Å². The highest BCUT2D eigenvalue weighted by atomic mass is 15.4. The molecule has 8 nitrogen and oxygen atoms in total. The molecule has 34 heavy (non-hydrogen) atoms. The van der Waals surface area contributed by atoms with Crippen LogP contribution in [0.4, 0.5) is 11.5 Å². The fourth-order valence-corrected chi connectivity index (χ4v) is 3.86. The Hall–Kier alpha value is -3.99. The van der Waals surface area contributed by atoms with Crippen LogP contribution in [0.25, 0.3) is 10.9 Å². The van der Waals surface area contributed by atoms with Crippen molar-refractivity contribution in [2.75, 3.05) is 17.2 Å². The van der Waals surface area contributed by atoms with Crippen molar-refractivity contribution in [2.45, 2.75) is 45.7 Å². The average molecular weight is 453 g/mol. The third kappa shape index (κ3) is 4.84. The molecule has 1 atom stereocenters. The number of benzene rings is 2. The van der Waals surface area contributed by atoms with Gasteiger partial charge >= 0.3 is 0 Å². The molecule has 1 unspecified atom stereocenters. The molecule has 1 aliphatic carbocycles. The number of rotatable bonds is 7. The SMILES string of the molecule is CC(C)(C)CNc1ncnc2ccc(NC(c3cccc(C#N)c3)c3cn(C4CC4)nn3)cc12. The zero-order valence-electron chi connectivity index (χ0n) is 19.7. The molecule has 0 aliphatic heterocycles. The lowest BCUT2D eigenvalue weighted by Gasteiger charge is -2.21. The molecule has 0 saturated heterocycles. The molecule has 2 heterocycles. The summed E-state index contributed by atoms with van der Waals surface area (Å²) in [6, 6.07) is 16.1. The van der Waals surface area contributed by atoms with Crippen LogP contribution in [-0.2, 0) is 0 Å². The number of anilines is 2. The normalized spacial score (nSPS) is 14.5. The highest BCUT2D eigenvalue weighted by molar-refractivity contribution is 5.91. The molecule has 0 amide bonds. The summed E-state index contributed by atoms with van der Waals surface area (Å²) < 4.78 is 1.95. The van der Waals surface area contributed by atoms with E-state index in [0.717, 1.165) is 53.1 Å². The van der Waals surface area contributed by atoms with Crippen molar-refractivity contribution in [2.24, 2.45) is 5.41 Å². The second kappa shape index (κ2) is 8.75. The lowest BCUT2D eigenvalue weighted by molar-refractivity contribution is 0.442. The molecule has 2 N–H and O–H groups in total. The van der Waals surface area contributed by atoms with Gasteiger partial charge in [0, 0.05) is 17.6 Å². The summed E-state index contributed by atoms with van der Waals surface area (Å²) >= 11 is 0. The molecule has 2 aromatic heterocycles. The summed E-state index contributed by atoms with van der Waals surface area (Å²) in [5.74, 6) is 0.811. The van der Waals surface area contributed by atoms with E-state index in [9.17, 15) is 5.26 Å². The standard InChI is InChI=1S/C26H28N8/c1-26(2,3)15-28-25-21-12-19(7-10-22(21)29-16-30-25)31-24(18-6-4-5-17(11-18)13-27)23-14-34(33-32-23)20-8-9-20/h4-7,10-12,14,16,20,24,31H,8-9,15H2,1-3H3,(H,28,29,30). The van der Waals surface area contributed by atoms with E-state index in [0.29, 0.717) is 11.6 Å². The van der Waals surface area contributed by atoms with Crippen LogP contribution in [0.3, 0.4) is 0 Å². The first kappa shape index (κ1) is 21.8. The van der Waals surface area contributed by atoms with E-state index >= 15 is 0 Å². The van der Waals surface area contributed by atoms with Crippen LogP contribution in [0, 0.1) is 16.7 Å². The first-order valence-corrected chi connectivity index (χ1v) is 11.6. The maximum atomic E-state index is 9.42. The van der Waals surface area contributed by atoms with E-state index in [1.165, 1.54) is 0 Å². The van der Waals surface area contributed by atoms with Gasteiger partial charge < -0.3 is 10.6 Å². The van der Waals surface area contributed by atoms with Crippen molar-refractivity contribution in [3.8, 4) is 6.07 Å². The van der Waals surface area contributed by atoms with Crippen molar-refractivity contribution in [3.63, 3.8) is 0 Å². The predicted octanol–water partition coefficient (Wildman–Crippen LogP) is 5.09. The summed E-state index contributed by atoms with van der Waals surface area (Å²) in [5, 5.41) is 26.3. The summed E-state index contributed by atoms with van der Waals surface area (Å²) in [7, 11) is 0. The van der Waals surface area contributed by atoms with E-state index in [1.54, 1.807) is 6.33 Å². The third-order valence-corrected chi connectivity index (χ3v) is 5.83. The minimum Gasteiger partial charge on any atom is -0.373 e. The van der Waals surface area contributed by atoms with Crippen LogP contribution < -0.4 is 10.6 Å². The Labute approximate surface area is 199 Å². The second-order valence-electron chi connectivity index (χ2n) is 10.0. The van der Waals surface area contributed by atoms with Crippen LogP contribution in [0.5, 0.6) is 0 Å². The fourth-order valence-electron chi connectivity index (χ4n) is 3.86. The van der Waals surface area contributed by atoms with Crippen molar-refractivity contribution in [1.82, 2.24) is 25.0 Å². The molecule has 2 aromatic carbocycles. The van der Waals surface area contributed by atoms with Crippen LogP contribution >= 0.6 is 0 Å². The van der Waals surface area contributed by atoms with Crippen molar-refractivity contribution < 1.29 is 0 Å². The number of hydrogen-bond donors (Lipinski definition) is 2. The van der Waals surface area contributed by atoms with E-state index in [4.69, 9.17) is 0 Å². The Morgan fingerprint density at radius 3 is 2.76 bits per heavy atom. The summed E-state index contributed by atoms with van der Waals surface area (Å²) in [6.45, 7) is 7.35. The molecule has 0 spiro atoms. The lowest BCUT2D eigenvalue weighted by Crippen LogP contribution is -2.19. The zero-order chi connectivity index (χ0) is 23.7. The quantitative estimate of drug-likeness (QED) is 0.402. The molecular weight excluding hydrogens is 424 g/mol. The first-order chi connectivity index (χ1) is 16.4. The molecule has 1 fully saturated rings. The molecule has 8 heteroatoms. The molecule has 0 bridgehead atoms. The zero-order valence-corrected chi connectivity index (χ0v) is 19.7. The van der Waals surface area contributed by atoms with Crippen LogP contribution in [0.15, 0.2) is 55.0 Å². The molecule has 0 radical (unpaired) electrons. The number of aromatic nitrogens is 5. The van der Waals surface area contributed by atoms with Crippen molar-refractivity contribution in [3.05, 3.63) is 71.8 Å². The Morgan fingerprint density at radius 2 is 2.00 bits per heavy atom. The molecule has 1 saturated carbocycles. The maximum absolute atomic E-state index is 9.42. The van der Waals surface area contributed by atoms with Gasteiger partial charge in [0.15, 0.2) is 0 Å². The molecule has 172 valence electrons. The van der Waals surface area contributed by atoms with E-state index in [1.807, 2.05) is 47.3 Å². The van der Waals surface area contributed by atoms with Gasteiger partial charge in [-0.2, -0.15) is 5.26 Å².